The summed E-state index contributed by atoms with van der Waals surface area (Å²) in [7, 11) is 0. The van der Waals surface area contributed by atoms with Crippen LogP contribution in [0.2, 0.25) is 0 Å². The van der Waals surface area contributed by atoms with Crippen LogP contribution in [0.15, 0.2) is 41.3 Å². The van der Waals surface area contributed by atoms with E-state index in [0.29, 0.717) is 10.6 Å². The fourth-order valence-electron chi connectivity index (χ4n) is 2.53. The van der Waals surface area contributed by atoms with Crippen molar-refractivity contribution in [3.8, 4) is 0 Å². The van der Waals surface area contributed by atoms with Crippen LogP contribution in [0, 0.1) is 18.6 Å². The molecule has 0 spiro atoms. The highest BCUT2D eigenvalue weighted by molar-refractivity contribution is 7.99. The normalized spacial score (nSPS) is 17.6. The van der Waals surface area contributed by atoms with Crippen LogP contribution in [0.3, 0.4) is 0 Å². The van der Waals surface area contributed by atoms with Crippen molar-refractivity contribution in [2.45, 2.75) is 24.3 Å². The molecule has 1 aliphatic rings. The van der Waals surface area contributed by atoms with Crippen LogP contribution in [0.1, 0.15) is 23.6 Å². The molecule has 1 atom stereocenters. The lowest BCUT2D eigenvalue weighted by Crippen LogP contribution is -2.18. The number of anilines is 1. The largest absolute Gasteiger partial charge is 0.376 e. The lowest BCUT2D eigenvalue weighted by atomic mass is 10.0. The van der Waals surface area contributed by atoms with E-state index < -0.39 is 0 Å². The van der Waals surface area contributed by atoms with Gasteiger partial charge in [0.2, 0.25) is 0 Å². The molecule has 3 rings (SSSR count). The molecule has 1 heterocycles. The highest BCUT2D eigenvalue weighted by atomic mass is 32.2. The molecule has 0 saturated carbocycles. The van der Waals surface area contributed by atoms with E-state index in [1.54, 1.807) is 12.1 Å². The summed E-state index contributed by atoms with van der Waals surface area (Å²) in [5.74, 6) is 0.379. The predicted octanol–water partition coefficient (Wildman–Crippen LogP) is 4.92. The Morgan fingerprint density at radius 2 is 1.85 bits per heavy atom. The monoisotopic (exact) mass is 291 g/mol. The fourth-order valence-corrected chi connectivity index (χ4v) is 3.67. The summed E-state index contributed by atoms with van der Waals surface area (Å²) in [6.07, 6.45) is 0.856. The molecule has 0 aliphatic carbocycles. The van der Waals surface area contributed by atoms with Gasteiger partial charge in [0.05, 0.1) is 11.7 Å². The molecule has 1 N–H and O–H groups in total. The average Bonchev–Trinajstić information content (AvgIpc) is 2.44. The zero-order valence-electron chi connectivity index (χ0n) is 11.1. The summed E-state index contributed by atoms with van der Waals surface area (Å²) in [6.45, 7) is 1.87. The summed E-state index contributed by atoms with van der Waals surface area (Å²) >= 11 is 1.53. The summed E-state index contributed by atoms with van der Waals surface area (Å²) in [5.41, 5.74) is 2.30. The molecule has 0 aromatic heterocycles. The van der Waals surface area contributed by atoms with Crippen LogP contribution in [0.25, 0.3) is 0 Å². The highest BCUT2D eigenvalue weighted by Crippen LogP contribution is 2.40. The second-order valence-corrected chi connectivity index (χ2v) is 6.03. The number of aryl methyl sites for hydroxylation is 1. The average molecular weight is 291 g/mol. The Kier molecular flexibility index (Phi) is 3.66. The van der Waals surface area contributed by atoms with Gasteiger partial charge in [0.1, 0.15) is 11.6 Å². The molecule has 0 amide bonds. The van der Waals surface area contributed by atoms with Crippen LogP contribution in [-0.2, 0) is 0 Å². The Bertz CT molecular complexity index is 622. The van der Waals surface area contributed by atoms with Gasteiger partial charge in [0.15, 0.2) is 0 Å². The number of fused-ring (bicyclic) bond motifs is 1. The molecule has 2 aromatic rings. The lowest BCUT2D eigenvalue weighted by molar-refractivity contribution is 0.582. The van der Waals surface area contributed by atoms with Gasteiger partial charge in [-0.2, -0.15) is 0 Å². The first kappa shape index (κ1) is 13.4. The van der Waals surface area contributed by atoms with Gasteiger partial charge in [-0.1, -0.05) is 24.3 Å². The van der Waals surface area contributed by atoms with Crippen LogP contribution in [0.4, 0.5) is 14.5 Å². The van der Waals surface area contributed by atoms with Crippen molar-refractivity contribution in [1.82, 2.24) is 0 Å². The van der Waals surface area contributed by atoms with Gasteiger partial charge < -0.3 is 5.32 Å². The van der Waals surface area contributed by atoms with E-state index in [4.69, 9.17) is 0 Å². The minimum absolute atomic E-state index is 0.0439. The van der Waals surface area contributed by atoms with Gasteiger partial charge in [0.25, 0.3) is 0 Å². The molecule has 0 saturated heterocycles. The van der Waals surface area contributed by atoms with Gasteiger partial charge in [-0.3, -0.25) is 0 Å². The summed E-state index contributed by atoms with van der Waals surface area (Å²) in [6, 6.07) is 10.1. The van der Waals surface area contributed by atoms with Crippen LogP contribution < -0.4 is 5.32 Å². The predicted molar refractivity (Wildman–Crippen MR) is 79.2 cm³/mol. The van der Waals surface area contributed by atoms with Crippen molar-refractivity contribution < 1.29 is 8.78 Å². The molecular weight excluding hydrogens is 276 g/mol. The second-order valence-electron chi connectivity index (χ2n) is 4.92. The summed E-state index contributed by atoms with van der Waals surface area (Å²) in [4.78, 5) is 0.685. The van der Waals surface area contributed by atoms with Crippen molar-refractivity contribution in [1.29, 1.82) is 0 Å². The van der Waals surface area contributed by atoms with Gasteiger partial charge in [-0.05, 0) is 36.6 Å². The van der Waals surface area contributed by atoms with E-state index in [9.17, 15) is 8.78 Å². The van der Waals surface area contributed by atoms with Gasteiger partial charge in [-0.15, -0.1) is 11.8 Å². The van der Waals surface area contributed by atoms with Gasteiger partial charge in [0, 0.05) is 10.6 Å². The fraction of sp³-hybridized carbons (Fsp3) is 0.250. The number of benzene rings is 2. The quantitative estimate of drug-likeness (QED) is 0.842. The Morgan fingerprint density at radius 3 is 2.65 bits per heavy atom. The Hall–Kier alpha value is -1.55. The van der Waals surface area contributed by atoms with Gasteiger partial charge in [-0.25, -0.2) is 8.78 Å². The van der Waals surface area contributed by atoms with E-state index in [1.165, 1.54) is 23.9 Å². The molecule has 1 nitrogen and oxygen atoms in total. The molecule has 1 unspecified atom stereocenters. The van der Waals surface area contributed by atoms with Crippen molar-refractivity contribution >= 4 is 17.4 Å². The minimum atomic E-state index is -0.263. The first-order chi connectivity index (χ1) is 9.66. The topological polar surface area (TPSA) is 12.0 Å². The van der Waals surface area contributed by atoms with E-state index in [1.807, 2.05) is 19.1 Å². The number of hydrogen-bond acceptors (Lipinski definition) is 2. The van der Waals surface area contributed by atoms with Crippen molar-refractivity contribution in [2.24, 2.45) is 0 Å². The van der Waals surface area contributed by atoms with Crippen molar-refractivity contribution in [2.75, 3.05) is 11.1 Å². The number of para-hydroxylation sites is 1. The highest BCUT2D eigenvalue weighted by Gasteiger charge is 2.24. The Labute approximate surface area is 121 Å². The van der Waals surface area contributed by atoms with E-state index in [0.717, 1.165) is 23.3 Å². The molecule has 1 aliphatic heterocycles. The Morgan fingerprint density at radius 1 is 1.10 bits per heavy atom. The SMILES string of the molecule is Cc1cccc(F)c1NC1CCSc2c(F)cccc21. The molecule has 2 aromatic carbocycles. The zero-order valence-corrected chi connectivity index (χ0v) is 11.9. The first-order valence-corrected chi connectivity index (χ1v) is 7.58. The maximum Gasteiger partial charge on any atom is 0.146 e. The minimum Gasteiger partial charge on any atom is -0.376 e. The molecular formula is C16H15F2NS. The number of nitrogens with one attached hydrogen (secondary N) is 1. The number of thioether (sulfide) groups is 1. The summed E-state index contributed by atoms with van der Waals surface area (Å²) < 4.78 is 27.7. The third-order valence-corrected chi connectivity index (χ3v) is 4.73. The van der Waals surface area contributed by atoms with Crippen LogP contribution in [-0.4, -0.2) is 5.75 Å². The standard InChI is InChI=1S/C16H15F2NS/c1-10-4-2-6-12(17)15(10)19-14-8-9-20-16-11(14)5-3-7-13(16)18/h2-7,14,19H,8-9H2,1H3. The number of halogens is 2. The summed E-state index contributed by atoms with van der Waals surface area (Å²) in [5, 5.41) is 3.25. The molecule has 4 heteroatoms. The van der Waals surface area contributed by atoms with Crippen molar-refractivity contribution in [3.05, 3.63) is 59.2 Å². The van der Waals surface area contributed by atoms with E-state index in [2.05, 4.69) is 5.32 Å². The maximum absolute atomic E-state index is 13.9. The zero-order chi connectivity index (χ0) is 14.1. The maximum atomic E-state index is 13.9. The molecule has 0 bridgehead atoms. The first-order valence-electron chi connectivity index (χ1n) is 6.59. The lowest BCUT2D eigenvalue weighted by Gasteiger charge is -2.27. The molecule has 104 valence electrons. The molecule has 0 fully saturated rings. The van der Waals surface area contributed by atoms with Crippen LogP contribution >= 0.6 is 11.8 Å². The molecule has 0 radical (unpaired) electrons. The second kappa shape index (κ2) is 5.44. The van der Waals surface area contributed by atoms with E-state index >= 15 is 0 Å². The smallest absolute Gasteiger partial charge is 0.146 e. The number of hydrogen-bond donors (Lipinski definition) is 1. The van der Waals surface area contributed by atoms with Gasteiger partial charge >= 0.3 is 0 Å². The third kappa shape index (κ3) is 2.40. The molecule has 20 heavy (non-hydrogen) atoms. The van der Waals surface area contributed by atoms with Crippen molar-refractivity contribution in [3.63, 3.8) is 0 Å². The van der Waals surface area contributed by atoms with Crippen LogP contribution in [0.5, 0.6) is 0 Å². The van der Waals surface area contributed by atoms with E-state index in [-0.39, 0.29) is 17.7 Å². The number of rotatable bonds is 2. The third-order valence-electron chi connectivity index (χ3n) is 3.57. The Balaban J connectivity index is 1.96.